The fourth-order valence-electron chi connectivity index (χ4n) is 2.98. The predicted molar refractivity (Wildman–Crippen MR) is 108 cm³/mol. The summed E-state index contributed by atoms with van der Waals surface area (Å²) >= 11 is 0. The molecular formula is C20H30N2O6S. The Morgan fingerprint density at radius 2 is 1.86 bits per heavy atom. The van der Waals surface area contributed by atoms with Crippen molar-refractivity contribution in [3.05, 3.63) is 29.8 Å². The van der Waals surface area contributed by atoms with Gasteiger partial charge < -0.3 is 14.8 Å². The van der Waals surface area contributed by atoms with Gasteiger partial charge in [0.2, 0.25) is 10.0 Å². The van der Waals surface area contributed by atoms with Crippen molar-refractivity contribution in [2.75, 3.05) is 19.7 Å². The van der Waals surface area contributed by atoms with Crippen LogP contribution in [0.15, 0.2) is 29.2 Å². The summed E-state index contributed by atoms with van der Waals surface area (Å²) in [5.74, 6) is -1.17. The summed E-state index contributed by atoms with van der Waals surface area (Å²) in [7, 11) is -3.78. The third-order valence-corrected chi connectivity index (χ3v) is 6.62. The second kappa shape index (κ2) is 9.23. The summed E-state index contributed by atoms with van der Waals surface area (Å²) in [5.41, 5.74) is -0.327. The molecule has 8 nitrogen and oxygen atoms in total. The molecule has 9 heteroatoms. The average molecular weight is 427 g/mol. The lowest BCUT2D eigenvalue weighted by Crippen LogP contribution is -2.48. The molecule has 0 radical (unpaired) electrons. The van der Waals surface area contributed by atoms with Gasteiger partial charge in [-0.3, -0.25) is 4.79 Å². The number of morpholine rings is 1. The number of carbonyl (C=O) groups excluding carboxylic acids is 2. The minimum atomic E-state index is -3.78. The van der Waals surface area contributed by atoms with E-state index in [0.717, 1.165) is 6.42 Å². The number of carbonyl (C=O) groups is 2. The normalized spacial score (nSPS) is 20.9. The Morgan fingerprint density at radius 3 is 2.45 bits per heavy atom. The molecule has 0 spiro atoms. The van der Waals surface area contributed by atoms with Gasteiger partial charge in [-0.1, -0.05) is 13.0 Å². The van der Waals surface area contributed by atoms with Crippen LogP contribution in [0.5, 0.6) is 0 Å². The van der Waals surface area contributed by atoms with E-state index in [0.29, 0.717) is 0 Å². The van der Waals surface area contributed by atoms with Crippen LogP contribution in [-0.4, -0.2) is 62.0 Å². The summed E-state index contributed by atoms with van der Waals surface area (Å²) in [4.78, 5) is 24.3. The number of sulfonamides is 1. The number of ether oxygens (including phenoxy) is 2. The first-order chi connectivity index (χ1) is 13.4. The molecular weight excluding hydrogens is 396 g/mol. The highest BCUT2D eigenvalue weighted by Crippen LogP contribution is 2.22. The second-order valence-electron chi connectivity index (χ2n) is 7.97. The van der Waals surface area contributed by atoms with E-state index in [4.69, 9.17) is 9.47 Å². The molecule has 162 valence electrons. The van der Waals surface area contributed by atoms with Crippen LogP contribution in [0.4, 0.5) is 0 Å². The van der Waals surface area contributed by atoms with Gasteiger partial charge >= 0.3 is 5.97 Å². The molecule has 29 heavy (non-hydrogen) atoms. The van der Waals surface area contributed by atoms with Crippen molar-refractivity contribution in [3.8, 4) is 0 Å². The molecule has 1 amide bonds. The van der Waals surface area contributed by atoms with E-state index in [1.54, 1.807) is 0 Å². The molecule has 2 atom stereocenters. The van der Waals surface area contributed by atoms with Gasteiger partial charge in [-0.25, -0.2) is 13.2 Å². The van der Waals surface area contributed by atoms with E-state index < -0.39 is 34.0 Å². The zero-order valence-electron chi connectivity index (χ0n) is 17.6. The van der Waals surface area contributed by atoms with Crippen LogP contribution in [0.2, 0.25) is 0 Å². The molecule has 1 aliphatic heterocycles. The monoisotopic (exact) mass is 426 g/mol. The van der Waals surface area contributed by atoms with Crippen molar-refractivity contribution >= 4 is 21.9 Å². The minimum absolute atomic E-state index is 0.00446. The number of hydrogen-bond acceptors (Lipinski definition) is 6. The van der Waals surface area contributed by atoms with Crippen LogP contribution >= 0.6 is 0 Å². The van der Waals surface area contributed by atoms with Crippen molar-refractivity contribution in [1.82, 2.24) is 9.62 Å². The van der Waals surface area contributed by atoms with Crippen molar-refractivity contribution < 1.29 is 27.5 Å². The molecule has 0 bridgehead atoms. The Labute approximate surface area is 172 Å². The van der Waals surface area contributed by atoms with E-state index in [9.17, 15) is 18.0 Å². The van der Waals surface area contributed by atoms with Gasteiger partial charge in [-0.15, -0.1) is 0 Å². The molecule has 1 heterocycles. The number of nitrogens with one attached hydrogen (secondary N) is 1. The molecule has 0 saturated carbocycles. The third kappa shape index (κ3) is 6.25. The summed E-state index contributed by atoms with van der Waals surface area (Å²) < 4.78 is 37.9. The minimum Gasteiger partial charge on any atom is -0.452 e. The van der Waals surface area contributed by atoms with Crippen LogP contribution in [0.25, 0.3) is 0 Å². The van der Waals surface area contributed by atoms with Crippen LogP contribution in [0, 0.1) is 0 Å². The largest absolute Gasteiger partial charge is 0.452 e. The molecule has 1 fully saturated rings. The Hall–Kier alpha value is -1.97. The highest BCUT2D eigenvalue weighted by atomic mass is 32.2. The molecule has 1 aromatic carbocycles. The number of amides is 1. The first-order valence-corrected chi connectivity index (χ1v) is 11.1. The van der Waals surface area contributed by atoms with Crippen molar-refractivity contribution in [1.29, 1.82) is 0 Å². The Kier molecular flexibility index (Phi) is 7.42. The van der Waals surface area contributed by atoms with Gasteiger partial charge in [-0.2, -0.15) is 4.31 Å². The van der Waals surface area contributed by atoms with Gasteiger partial charge in [0, 0.05) is 18.6 Å². The molecule has 1 aliphatic rings. The fourth-order valence-corrected chi connectivity index (χ4v) is 4.61. The first-order valence-electron chi connectivity index (χ1n) is 9.68. The van der Waals surface area contributed by atoms with Crippen LogP contribution < -0.4 is 5.32 Å². The van der Waals surface area contributed by atoms with E-state index in [-0.39, 0.29) is 35.8 Å². The molecule has 0 aliphatic carbocycles. The maximum absolute atomic E-state index is 13.0. The highest BCUT2D eigenvalue weighted by Gasteiger charge is 2.32. The fraction of sp³-hybridized carbons (Fsp3) is 0.600. The van der Waals surface area contributed by atoms with Crippen molar-refractivity contribution in [2.45, 2.75) is 63.7 Å². The van der Waals surface area contributed by atoms with Gasteiger partial charge in [0.25, 0.3) is 5.91 Å². The molecule has 1 saturated heterocycles. The smallest absolute Gasteiger partial charge is 0.338 e. The maximum atomic E-state index is 13.0. The quantitative estimate of drug-likeness (QED) is 0.669. The van der Waals surface area contributed by atoms with Gasteiger partial charge in [0.05, 0.1) is 22.7 Å². The number of hydrogen-bond donors (Lipinski definition) is 1. The van der Waals surface area contributed by atoms with E-state index in [1.165, 1.54) is 28.6 Å². The molecule has 1 N–H and O–H groups in total. The Balaban J connectivity index is 2.08. The van der Waals surface area contributed by atoms with Crippen LogP contribution in [0.3, 0.4) is 0 Å². The zero-order valence-corrected chi connectivity index (χ0v) is 18.4. The topological polar surface area (TPSA) is 102 Å². The van der Waals surface area contributed by atoms with Gasteiger partial charge in [-0.05, 0) is 52.3 Å². The Morgan fingerprint density at radius 1 is 1.24 bits per heavy atom. The standard InChI is InChI=1S/C20H30N2O6S/c1-6-20(4,5)21-18(23)13-27-19(24)16-8-7-9-17(10-16)29(25,26)22-11-14(2)28-15(3)12-22/h7-10,14-15H,6,11-13H2,1-5H3,(H,21,23)/t14-,15+. The molecule has 2 rings (SSSR count). The second-order valence-corrected chi connectivity index (χ2v) is 9.91. The summed E-state index contributed by atoms with van der Waals surface area (Å²) in [6.45, 7) is 9.37. The van der Waals surface area contributed by atoms with Crippen LogP contribution in [-0.2, 0) is 24.3 Å². The maximum Gasteiger partial charge on any atom is 0.338 e. The van der Waals surface area contributed by atoms with Crippen molar-refractivity contribution in [2.24, 2.45) is 0 Å². The van der Waals surface area contributed by atoms with E-state index in [1.807, 2.05) is 34.6 Å². The molecule has 1 aromatic rings. The number of esters is 1. The van der Waals surface area contributed by atoms with Crippen LogP contribution in [0.1, 0.15) is 51.4 Å². The summed E-state index contributed by atoms with van der Waals surface area (Å²) in [6.07, 6.45) is 0.297. The lowest BCUT2D eigenvalue weighted by atomic mass is 10.0. The van der Waals surface area contributed by atoms with E-state index >= 15 is 0 Å². The summed E-state index contributed by atoms with van der Waals surface area (Å²) in [5, 5.41) is 2.77. The lowest BCUT2D eigenvalue weighted by Gasteiger charge is -2.34. The third-order valence-electron chi connectivity index (χ3n) is 4.79. The number of rotatable bonds is 7. The molecule has 0 aromatic heterocycles. The predicted octanol–water partition coefficient (Wildman–Crippen LogP) is 1.95. The average Bonchev–Trinajstić information content (AvgIpc) is 2.65. The van der Waals surface area contributed by atoms with Crippen molar-refractivity contribution in [3.63, 3.8) is 0 Å². The van der Waals surface area contributed by atoms with Gasteiger partial charge in [0.15, 0.2) is 6.61 Å². The SMILES string of the molecule is CCC(C)(C)NC(=O)COC(=O)c1cccc(S(=O)(=O)N2C[C@@H](C)O[C@@H](C)C2)c1. The number of nitrogens with zero attached hydrogens (tertiary/aromatic N) is 1. The highest BCUT2D eigenvalue weighted by molar-refractivity contribution is 7.89. The lowest BCUT2D eigenvalue weighted by molar-refractivity contribution is -0.125. The van der Waals surface area contributed by atoms with E-state index in [2.05, 4.69) is 5.32 Å². The first kappa shape index (κ1) is 23.3. The summed E-state index contributed by atoms with van der Waals surface area (Å²) in [6, 6.07) is 5.65. The number of benzene rings is 1. The van der Waals surface area contributed by atoms with Gasteiger partial charge in [0.1, 0.15) is 0 Å². The molecule has 0 unspecified atom stereocenters. The zero-order chi connectivity index (χ0) is 21.8. The Bertz CT molecular complexity index is 842.